The molecule has 5 aromatic rings. The average molecular weight is 727 g/mol. The van der Waals surface area contributed by atoms with Crippen LogP contribution >= 0.6 is 11.6 Å². The fraction of sp³-hybridized carbons (Fsp3) is 0.462. The van der Waals surface area contributed by atoms with Gasteiger partial charge in [0.15, 0.2) is 5.82 Å². The first-order valence-corrected chi connectivity index (χ1v) is 18.8. The minimum atomic E-state index is -0.462. The van der Waals surface area contributed by atoms with E-state index < -0.39 is 11.7 Å². The molecule has 2 amide bonds. The number of ether oxygens (including phenoxy) is 1. The SMILES string of the molecule is CO[C@@H]1CCN(C(=O)c2cc(F)c3c(c2)nc(-c2cc4ccc5nc4n2CCCCCC[C@@H](c2cccc(Cl)n2)C(=O)N[C@@H]5C)n3C2CC2)C[C@@H]1N. The van der Waals surface area contributed by atoms with E-state index in [1.54, 1.807) is 24.1 Å². The molecule has 0 spiro atoms. The van der Waals surface area contributed by atoms with Crippen LogP contribution in [0.3, 0.4) is 0 Å². The van der Waals surface area contributed by atoms with Crippen LogP contribution < -0.4 is 11.1 Å². The van der Waals surface area contributed by atoms with Crippen molar-refractivity contribution in [2.75, 3.05) is 20.2 Å². The predicted molar refractivity (Wildman–Crippen MR) is 198 cm³/mol. The number of amides is 2. The highest BCUT2D eigenvalue weighted by atomic mass is 35.5. The number of nitrogens with zero attached hydrogens (tertiary/aromatic N) is 6. The lowest BCUT2D eigenvalue weighted by Crippen LogP contribution is -2.53. The van der Waals surface area contributed by atoms with Gasteiger partial charge >= 0.3 is 0 Å². The van der Waals surface area contributed by atoms with Crippen LogP contribution in [0, 0.1) is 5.82 Å². The van der Waals surface area contributed by atoms with Crippen LogP contribution in [0.2, 0.25) is 5.15 Å². The highest BCUT2D eigenvalue weighted by Gasteiger charge is 2.34. The quantitative estimate of drug-likeness (QED) is 0.193. The van der Waals surface area contributed by atoms with Crippen LogP contribution in [0.5, 0.6) is 0 Å². The van der Waals surface area contributed by atoms with Gasteiger partial charge in [-0.2, -0.15) is 0 Å². The van der Waals surface area contributed by atoms with Gasteiger partial charge in [-0.15, -0.1) is 0 Å². The Hall–Kier alpha value is -4.39. The van der Waals surface area contributed by atoms with Gasteiger partial charge in [-0.25, -0.2) is 19.3 Å². The zero-order valence-electron chi connectivity index (χ0n) is 29.5. The Bertz CT molecular complexity index is 2160. The van der Waals surface area contributed by atoms with Crippen molar-refractivity contribution in [2.45, 2.75) is 95.0 Å². The largest absolute Gasteiger partial charge is 0.380 e. The molecule has 8 rings (SSSR count). The Morgan fingerprint density at radius 2 is 1.81 bits per heavy atom. The maximum absolute atomic E-state index is 16.2. The van der Waals surface area contributed by atoms with E-state index in [0.29, 0.717) is 60.2 Å². The molecule has 0 radical (unpaired) electrons. The van der Waals surface area contributed by atoms with Crippen molar-refractivity contribution in [1.29, 1.82) is 0 Å². The molecule has 4 aromatic heterocycles. The maximum atomic E-state index is 16.2. The summed E-state index contributed by atoms with van der Waals surface area (Å²) >= 11 is 6.21. The molecule has 1 saturated heterocycles. The molecule has 0 unspecified atom stereocenters. The molecule has 1 aromatic carbocycles. The van der Waals surface area contributed by atoms with E-state index in [1.807, 2.05) is 35.8 Å². The van der Waals surface area contributed by atoms with Crippen LogP contribution in [0.15, 0.2) is 48.5 Å². The monoisotopic (exact) mass is 726 g/mol. The standard InChI is InChI=1S/C39H44ClFN8O3/c1-22-29-14-11-23-20-32(48(36(23)45-29)16-6-4-3-5-8-26(38(50)43-22)30-9-7-10-34(40)44-30)37-46-31-19-24(18-27(41)35(31)49(37)25-12-13-25)39(51)47-17-15-33(52-2)28(42)21-47/h7,9-11,14,18-20,22,25-26,28,33H,3-6,8,12-13,15-17,21,42H2,1-2H3,(H,43,50)/t22-,26+,28+,33-/m1/s1. The number of aromatic nitrogens is 5. The summed E-state index contributed by atoms with van der Waals surface area (Å²) in [5.74, 6) is -0.560. The van der Waals surface area contributed by atoms with Crippen molar-refractivity contribution >= 4 is 45.5 Å². The van der Waals surface area contributed by atoms with Gasteiger partial charge in [-0.1, -0.05) is 36.9 Å². The van der Waals surface area contributed by atoms with Gasteiger partial charge in [0.25, 0.3) is 5.91 Å². The molecule has 2 aliphatic heterocycles. The summed E-state index contributed by atoms with van der Waals surface area (Å²) in [6.45, 7) is 3.47. The summed E-state index contributed by atoms with van der Waals surface area (Å²) in [6, 6.07) is 14.0. The second-order valence-corrected chi connectivity index (χ2v) is 14.9. The molecule has 2 bridgehead atoms. The third-order valence-corrected chi connectivity index (χ3v) is 11.1. The number of pyridine rings is 2. The smallest absolute Gasteiger partial charge is 0.254 e. The number of benzene rings is 1. The van der Waals surface area contributed by atoms with Crippen molar-refractivity contribution in [1.82, 2.24) is 34.3 Å². The van der Waals surface area contributed by atoms with E-state index in [4.69, 9.17) is 32.0 Å². The van der Waals surface area contributed by atoms with E-state index in [0.717, 1.165) is 60.9 Å². The number of carbonyl (C=O) groups excluding carboxylic acids is 2. The van der Waals surface area contributed by atoms with Gasteiger partial charge in [0.05, 0.1) is 40.7 Å². The van der Waals surface area contributed by atoms with Crippen molar-refractivity contribution in [3.05, 3.63) is 76.5 Å². The number of hydrogen-bond acceptors (Lipinski definition) is 7. The van der Waals surface area contributed by atoms with Crippen LogP contribution in [0.25, 0.3) is 33.6 Å². The molecule has 1 aliphatic carbocycles. The molecule has 2 fully saturated rings. The molecule has 3 N–H and O–H groups in total. The summed E-state index contributed by atoms with van der Waals surface area (Å²) in [5.41, 5.74) is 10.5. The molecule has 11 nitrogen and oxygen atoms in total. The maximum Gasteiger partial charge on any atom is 0.254 e. The first kappa shape index (κ1) is 34.7. The Labute approximate surface area is 306 Å². The third-order valence-electron chi connectivity index (χ3n) is 10.9. The second kappa shape index (κ2) is 14.2. The van der Waals surface area contributed by atoms with Crippen LogP contribution in [0.4, 0.5) is 4.39 Å². The number of halogens is 2. The topological polar surface area (TPSA) is 133 Å². The van der Waals surface area contributed by atoms with E-state index in [-0.39, 0.29) is 41.6 Å². The Morgan fingerprint density at radius 1 is 0.981 bits per heavy atom. The molecular formula is C39H44ClFN8O3. The Morgan fingerprint density at radius 3 is 2.58 bits per heavy atom. The van der Waals surface area contributed by atoms with Gasteiger partial charge in [-0.3, -0.25) is 9.59 Å². The molecule has 13 heteroatoms. The minimum Gasteiger partial charge on any atom is -0.380 e. The van der Waals surface area contributed by atoms with Gasteiger partial charge < -0.3 is 29.8 Å². The highest BCUT2D eigenvalue weighted by Crippen LogP contribution is 2.43. The highest BCUT2D eigenvalue weighted by molar-refractivity contribution is 6.29. The fourth-order valence-electron chi connectivity index (χ4n) is 7.98. The number of imidazole rings is 1. The number of piperidine rings is 1. The summed E-state index contributed by atoms with van der Waals surface area (Å²) < 4.78 is 25.9. The zero-order chi connectivity index (χ0) is 36.1. The number of methoxy groups -OCH3 is 1. The molecule has 4 atom stereocenters. The number of nitrogens with two attached hydrogens (primary N) is 1. The van der Waals surface area contributed by atoms with E-state index in [2.05, 4.69) is 20.9 Å². The Kier molecular flexibility index (Phi) is 9.48. The summed E-state index contributed by atoms with van der Waals surface area (Å²) in [6.07, 6.45) is 6.70. The van der Waals surface area contributed by atoms with Gasteiger partial charge in [0.2, 0.25) is 5.91 Å². The third kappa shape index (κ3) is 6.56. The molecule has 272 valence electrons. The first-order valence-electron chi connectivity index (χ1n) is 18.4. The molecule has 6 heterocycles. The Balaban J connectivity index is 1.16. The number of nitrogens with one attached hydrogen (secondary N) is 1. The lowest BCUT2D eigenvalue weighted by Gasteiger charge is -2.35. The molecule has 1 saturated carbocycles. The second-order valence-electron chi connectivity index (χ2n) is 14.5. The van der Waals surface area contributed by atoms with Crippen LogP contribution in [-0.2, 0) is 16.1 Å². The normalized spacial score (nSPS) is 23.2. The van der Waals surface area contributed by atoms with Crippen LogP contribution in [-0.4, -0.2) is 73.1 Å². The number of fused-ring (bicyclic) bond motifs is 2. The number of carbonyl (C=O) groups is 2. The van der Waals surface area contributed by atoms with E-state index in [1.165, 1.54) is 6.07 Å². The van der Waals surface area contributed by atoms with Gasteiger partial charge in [0.1, 0.15) is 22.1 Å². The summed E-state index contributed by atoms with van der Waals surface area (Å²) in [5, 5.41) is 4.50. The van der Waals surface area contributed by atoms with Crippen molar-refractivity contribution in [3.63, 3.8) is 0 Å². The summed E-state index contributed by atoms with van der Waals surface area (Å²) in [4.78, 5) is 43.6. The molecule has 3 aliphatic rings. The first-order chi connectivity index (χ1) is 25.2. The number of hydrogen-bond donors (Lipinski definition) is 2. The molecule has 52 heavy (non-hydrogen) atoms. The lowest BCUT2D eigenvalue weighted by molar-refractivity contribution is -0.123. The van der Waals surface area contributed by atoms with Gasteiger partial charge in [-0.05, 0) is 81.5 Å². The van der Waals surface area contributed by atoms with Crippen LogP contribution in [0.1, 0.15) is 98.0 Å². The van der Waals surface area contributed by atoms with Crippen molar-refractivity contribution < 1.29 is 18.7 Å². The predicted octanol–water partition coefficient (Wildman–Crippen LogP) is 6.69. The van der Waals surface area contributed by atoms with Crippen molar-refractivity contribution in [3.8, 4) is 11.5 Å². The number of rotatable bonds is 5. The summed E-state index contributed by atoms with van der Waals surface area (Å²) in [7, 11) is 1.63. The number of likely N-dealkylation sites (tertiary alicyclic amines) is 1. The number of aryl methyl sites for hydroxylation is 1. The molecular weight excluding hydrogens is 683 g/mol. The average Bonchev–Trinajstić information content (AvgIpc) is 3.80. The van der Waals surface area contributed by atoms with Gasteiger partial charge in [0, 0.05) is 49.8 Å². The lowest BCUT2D eigenvalue weighted by atomic mass is 9.95. The zero-order valence-corrected chi connectivity index (χ0v) is 30.3. The fourth-order valence-corrected chi connectivity index (χ4v) is 8.15. The minimum absolute atomic E-state index is 0.0994. The van der Waals surface area contributed by atoms with E-state index in [9.17, 15) is 9.59 Å². The van der Waals surface area contributed by atoms with E-state index >= 15 is 4.39 Å². The van der Waals surface area contributed by atoms with Crippen molar-refractivity contribution in [2.24, 2.45) is 5.73 Å².